The Morgan fingerprint density at radius 2 is 1.90 bits per heavy atom. The van der Waals surface area contributed by atoms with Gasteiger partial charge in [-0.2, -0.15) is 0 Å². The van der Waals surface area contributed by atoms with Crippen molar-refractivity contribution in [3.63, 3.8) is 0 Å². The molecule has 0 aromatic carbocycles. The zero-order valence-corrected chi connectivity index (χ0v) is 13.0. The molecule has 114 valence electrons. The molecule has 4 bridgehead atoms. The Morgan fingerprint density at radius 1 is 1.20 bits per heavy atom. The molecule has 4 rings (SSSR count). The van der Waals surface area contributed by atoms with Crippen molar-refractivity contribution in [3.8, 4) is 0 Å². The largest absolute Gasteiger partial charge is 0.465 e. The van der Waals surface area contributed by atoms with Gasteiger partial charge in [0.2, 0.25) is 0 Å². The van der Waals surface area contributed by atoms with Gasteiger partial charge in [0.15, 0.2) is 0 Å². The summed E-state index contributed by atoms with van der Waals surface area (Å²) in [5, 5.41) is 10.4. The molecule has 4 fully saturated rings. The zero-order valence-electron chi connectivity index (χ0n) is 13.0. The van der Waals surface area contributed by atoms with Gasteiger partial charge in [0, 0.05) is 5.92 Å². The lowest BCUT2D eigenvalue weighted by molar-refractivity contribution is -0.170. The molecule has 0 spiro atoms. The number of carbonyl (C=O) groups excluding carboxylic acids is 1. The number of ether oxygens (including phenoxy) is 1. The summed E-state index contributed by atoms with van der Waals surface area (Å²) in [4.78, 5) is 12.1. The molecule has 0 radical (unpaired) electrons. The van der Waals surface area contributed by atoms with E-state index in [1.54, 1.807) is 0 Å². The number of aliphatic hydroxyl groups is 1. The van der Waals surface area contributed by atoms with Gasteiger partial charge in [0.1, 0.15) is 0 Å². The minimum Gasteiger partial charge on any atom is -0.465 e. The number of rotatable bonds is 4. The van der Waals surface area contributed by atoms with Gasteiger partial charge in [-0.15, -0.1) is 0 Å². The van der Waals surface area contributed by atoms with Gasteiger partial charge in [-0.3, -0.25) is 4.79 Å². The van der Waals surface area contributed by atoms with E-state index in [0.29, 0.717) is 30.3 Å². The highest BCUT2D eigenvalue weighted by Gasteiger charge is 2.53. The fourth-order valence-corrected chi connectivity index (χ4v) is 4.78. The van der Waals surface area contributed by atoms with Crippen molar-refractivity contribution in [1.29, 1.82) is 0 Å². The van der Waals surface area contributed by atoms with E-state index < -0.39 is 0 Å². The molecule has 6 unspecified atom stereocenters. The van der Waals surface area contributed by atoms with Crippen molar-refractivity contribution in [3.05, 3.63) is 0 Å². The zero-order chi connectivity index (χ0) is 14.5. The van der Waals surface area contributed by atoms with Crippen LogP contribution in [0.15, 0.2) is 0 Å². The van der Waals surface area contributed by atoms with Crippen LogP contribution >= 0.6 is 0 Å². The molecule has 0 heterocycles. The number of aliphatic hydroxyl groups excluding tert-OH is 1. The first-order chi connectivity index (χ1) is 9.42. The first-order valence-corrected chi connectivity index (χ1v) is 8.27. The number of carbonyl (C=O) groups is 1. The second-order valence-corrected chi connectivity index (χ2v) is 7.98. The van der Waals surface area contributed by atoms with Crippen molar-refractivity contribution < 1.29 is 14.6 Å². The summed E-state index contributed by atoms with van der Waals surface area (Å²) in [5.74, 6) is 2.72. The van der Waals surface area contributed by atoms with E-state index in [-0.39, 0.29) is 17.5 Å². The van der Waals surface area contributed by atoms with Crippen LogP contribution in [0.1, 0.15) is 52.9 Å². The van der Waals surface area contributed by atoms with Gasteiger partial charge in [0.25, 0.3) is 0 Å². The van der Waals surface area contributed by atoms with Gasteiger partial charge in [-0.1, -0.05) is 6.92 Å². The van der Waals surface area contributed by atoms with Crippen molar-refractivity contribution in [1.82, 2.24) is 0 Å². The Balaban J connectivity index is 1.62. The van der Waals surface area contributed by atoms with Gasteiger partial charge < -0.3 is 9.84 Å². The molecule has 0 aliphatic heterocycles. The maximum absolute atomic E-state index is 12.1. The average Bonchev–Trinajstić information content (AvgIpc) is 2.42. The van der Waals surface area contributed by atoms with E-state index in [9.17, 15) is 9.90 Å². The quantitative estimate of drug-likeness (QED) is 0.805. The smallest absolute Gasteiger partial charge is 0.311 e. The molecule has 0 aromatic rings. The van der Waals surface area contributed by atoms with Crippen molar-refractivity contribution in [2.75, 3.05) is 6.61 Å². The predicted octanol–water partition coefficient (Wildman–Crippen LogP) is 3.01. The molecule has 0 amide bonds. The summed E-state index contributed by atoms with van der Waals surface area (Å²) >= 11 is 0. The maximum Gasteiger partial charge on any atom is 0.311 e. The standard InChI is InChI=1S/C17H28O3/c1-4-17(2,3)16(19)20-9-14-11-5-10-6-12(8-11)15(18)13(14)7-10/h10-15,18H,4-9H2,1-3H3. The molecule has 0 aromatic heterocycles. The van der Waals surface area contributed by atoms with E-state index >= 15 is 0 Å². The molecule has 3 heteroatoms. The summed E-state index contributed by atoms with van der Waals surface area (Å²) in [6, 6.07) is 0. The molecule has 4 saturated carbocycles. The second kappa shape index (κ2) is 5.01. The summed E-state index contributed by atoms with van der Waals surface area (Å²) in [6.45, 7) is 6.43. The lowest BCUT2D eigenvalue weighted by atomic mass is 9.51. The third kappa shape index (κ3) is 2.28. The lowest BCUT2D eigenvalue weighted by Crippen LogP contribution is -2.54. The Kier molecular flexibility index (Phi) is 3.60. The molecule has 0 saturated heterocycles. The highest BCUT2D eigenvalue weighted by atomic mass is 16.5. The highest BCUT2D eigenvalue weighted by molar-refractivity contribution is 5.75. The van der Waals surface area contributed by atoms with E-state index in [4.69, 9.17) is 4.74 Å². The molecule has 3 nitrogen and oxygen atoms in total. The Labute approximate surface area is 122 Å². The molecule has 4 aliphatic rings. The van der Waals surface area contributed by atoms with Crippen LogP contribution in [0.5, 0.6) is 0 Å². The monoisotopic (exact) mass is 280 g/mol. The highest BCUT2D eigenvalue weighted by Crippen LogP contribution is 2.56. The van der Waals surface area contributed by atoms with Gasteiger partial charge in [-0.25, -0.2) is 0 Å². The Bertz CT molecular complexity index is 390. The van der Waals surface area contributed by atoms with Gasteiger partial charge >= 0.3 is 5.97 Å². The first kappa shape index (κ1) is 14.4. The fraction of sp³-hybridized carbons (Fsp3) is 0.941. The van der Waals surface area contributed by atoms with Crippen LogP contribution < -0.4 is 0 Å². The molecular formula is C17H28O3. The van der Waals surface area contributed by atoms with Gasteiger partial charge in [0.05, 0.1) is 18.1 Å². The van der Waals surface area contributed by atoms with Crippen LogP contribution in [0.3, 0.4) is 0 Å². The van der Waals surface area contributed by atoms with Crippen molar-refractivity contribution in [2.24, 2.45) is 35.0 Å². The third-order valence-corrected chi connectivity index (χ3v) is 6.40. The van der Waals surface area contributed by atoms with Crippen LogP contribution in [0.4, 0.5) is 0 Å². The van der Waals surface area contributed by atoms with Crippen LogP contribution in [-0.2, 0) is 9.53 Å². The Morgan fingerprint density at radius 3 is 2.60 bits per heavy atom. The van der Waals surface area contributed by atoms with Gasteiger partial charge in [-0.05, 0) is 69.6 Å². The van der Waals surface area contributed by atoms with Crippen LogP contribution in [-0.4, -0.2) is 23.8 Å². The van der Waals surface area contributed by atoms with E-state index in [2.05, 4.69) is 0 Å². The van der Waals surface area contributed by atoms with Crippen LogP contribution in [0.2, 0.25) is 0 Å². The van der Waals surface area contributed by atoms with Crippen LogP contribution in [0.25, 0.3) is 0 Å². The van der Waals surface area contributed by atoms with E-state index in [0.717, 1.165) is 25.2 Å². The SMILES string of the molecule is CCC(C)(C)C(=O)OCC1C2CC3CC(C2)C(O)C1C3. The molecule has 1 N–H and O–H groups in total. The van der Waals surface area contributed by atoms with Crippen molar-refractivity contribution in [2.45, 2.75) is 59.0 Å². The summed E-state index contributed by atoms with van der Waals surface area (Å²) in [6.07, 6.45) is 5.46. The maximum atomic E-state index is 12.1. The minimum absolute atomic E-state index is 0.0803. The summed E-state index contributed by atoms with van der Waals surface area (Å²) in [7, 11) is 0. The summed E-state index contributed by atoms with van der Waals surface area (Å²) in [5.41, 5.74) is -0.384. The first-order valence-electron chi connectivity index (χ1n) is 8.27. The average molecular weight is 280 g/mol. The third-order valence-electron chi connectivity index (χ3n) is 6.40. The number of esters is 1. The van der Waals surface area contributed by atoms with E-state index in [1.165, 1.54) is 12.8 Å². The molecule has 20 heavy (non-hydrogen) atoms. The topological polar surface area (TPSA) is 46.5 Å². The van der Waals surface area contributed by atoms with Crippen LogP contribution in [0, 0.1) is 35.0 Å². The number of hydrogen-bond acceptors (Lipinski definition) is 3. The predicted molar refractivity (Wildman–Crippen MR) is 77.0 cm³/mol. The van der Waals surface area contributed by atoms with E-state index in [1.807, 2.05) is 20.8 Å². The normalized spacial score (nSPS) is 42.8. The second-order valence-electron chi connectivity index (χ2n) is 7.98. The Hall–Kier alpha value is -0.570. The minimum atomic E-state index is -0.384. The fourth-order valence-electron chi connectivity index (χ4n) is 4.78. The number of hydrogen-bond donors (Lipinski definition) is 1. The van der Waals surface area contributed by atoms with Crippen molar-refractivity contribution >= 4 is 5.97 Å². The molecular weight excluding hydrogens is 252 g/mol. The molecule has 4 aliphatic carbocycles. The molecule has 6 atom stereocenters. The lowest BCUT2D eigenvalue weighted by Gasteiger charge is -2.56. The summed E-state index contributed by atoms with van der Waals surface area (Å²) < 4.78 is 5.62.